The van der Waals surface area contributed by atoms with E-state index in [1.807, 2.05) is 22.7 Å². The first kappa shape index (κ1) is 42.1. The molecule has 344 valence electrons. The second-order valence-corrected chi connectivity index (χ2v) is 21.4. The summed E-state index contributed by atoms with van der Waals surface area (Å²) in [4.78, 5) is 4.80. The molecule has 0 unspecified atom stereocenters. The third-order valence-corrected chi connectivity index (χ3v) is 17.3. The zero-order valence-electron chi connectivity index (χ0n) is 40.0. The molecule has 0 atom stereocenters. The molecule has 0 N–H and O–H groups in total. The first-order chi connectivity index (χ1) is 36.0. The molecule has 4 heterocycles. The summed E-state index contributed by atoms with van der Waals surface area (Å²) in [5.41, 5.74) is 14.3. The molecule has 7 heteroatoms. The summed E-state index contributed by atoms with van der Waals surface area (Å²) in [5.74, 6) is 3.25. The van der Waals surface area contributed by atoms with Gasteiger partial charge in [-0.2, -0.15) is 0 Å². The number of hydrogen-bond acceptors (Lipinski definition) is 6. The maximum atomic E-state index is 7.27. The minimum absolute atomic E-state index is 0.153. The first-order valence-electron chi connectivity index (χ1n) is 24.8. The molecule has 2 aliphatic heterocycles. The zero-order chi connectivity index (χ0) is 48.3. The van der Waals surface area contributed by atoms with Crippen LogP contribution in [0.1, 0.15) is 11.1 Å². The molecule has 0 amide bonds. The highest BCUT2D eigenvalue weighted by Crippen LogP contribution is 2.49. The SMILES string of the molecule is Cc1ccc(N(c2ccc3c(c2)Oc2cc(-c4cccc5ccccc45)cc4c2B3c2ccc(N(c3ccc(C)cc3)c3cccc5c3sc3ccccc35)cc2O4)c2cccc3c2sc2ccccc23)cc1. The number of benzene rings is 11. The molecule has 0 saturated carbocycles. The van der Waals surface area contributed by atoms with Crippen molar-refractivity contribution in [1.29, 1.82) is 0 Å². The van der Waals surface area contributed by atoms with Crippen molar-refractivity contribution in [3.05, 3.63) is 236 Å². The van der Waals surface area contributed by atoms with Gasteiger partial charge in [-0.15, -0.1) is 22.7 Å². The third kappa shape index (κ3) is 6.73. The monoisotopic (exact) mass is 970 g/mol. The van der Waals surface area contributed by atoms with Crippen molar-refractivity contribution in [2.24, 2.45) is 0 Å². The summed E-state index contributed by atoms with van der Waals surface area (Å²) < 4.78 is 19.6. The standard InChI is InChI=1S/C66H43BN2O2S2/c1-40-24-28-44(29-25-40)68(56-20-10-18-52-50-15-5-7-22-62(50)72-65(52)56)46-32-34-54-58(38-46)70-60-36-43(49-17-9-13-42-12-3-4-14-48(42)49)37-61-64(60)67(54)55-35-33-47(39-59(55)71-61)69(45-30-26-41(2)27-31-45)57-21-11-19-53-51-16-6-8-23-63(51)73-66(53)57/h3-39H,1-2H3. The van der Waals surface area contributed by atoms with Gasteiger partial charge in [0, 0.05) is 71.3 Å². The van der Waals surface area contributed by atoms with Crippen LogP contribution in [0, 0.1) is 13.8 Å². The summed E-state index contributed by atoms with van der Waals surface area (Å²) in [7, 11) is 0. The molecule has 2 aliphatic rings. The Morgan fingerprint density at radius 3 is 1.34 bits per heavy atom. The Morgan fingerprint density at radius 2 is 0.808 bits per heavy atom. The van der Waals surface area contributed by atoms with E-state index in [0.717, 1.165) is 84.6 Å². The van der Waals surface area contributed by atoms with Gasteiger partial charge in [0.1, 0.15) is 23.0 Å². The second kappa shape index (κ2) is 16.5. The van der Waals surface area contributed by atoms with Crippen molar-refractivity contribution < 1.29 is 9.47 Å². The molecule has 73 heavy (non-hydrogen) atoms. The minimum Gasteiger partial charge on any atom is -0.458 e. The number of fused-ring (bicyclic) bond motifs is 11. The van der Waals surface area contributed by atoms with Gasteiger partial charge in [0.05, 0.1) is 20.8 Å². The van der Waals surface area contributed by atoms with E-state index in [1.165, 1.54) is 62.2 Å². The number of anilines is 6. The van der Waals surface area contributed by atoms with Crippen molar-refractivity contribution in [3.63, 3.8) is 0 Å². The van der Waals surface area contributed by atoms with Crippen molar-refractivity contribution >= 4 is 131 Å². The molecule has 15 rings (SSSR count). The van der Waals surface area contributed by atoms with E-state index in [4.69, 9.17) is 9.47 Å². The highest BCUT2D eigenvalue weighted by atomic mass is 32.1. The molecular formula is C66H43BN2O2S2. The Morgan fingerprint density at radius 1 is 0.370 bits per heavy atom. The highest BCUT2D eigenvalue weighted by Gasteiger charge is 2.41. The minimum atomic E-state index is -0.153. The van der Waals surface area contributed by atoms with Crippen LogP contribution in [-0.4, -0.2) is 6.71 Å². The van der Waals surface area contributed by atoms with Crippen LogP contribution in [0.4, 0.5) is 34.1 Å². The Balaban J connectivity index is 0.932. The van der Waals surface area contributed by atoms with Crippen LogP contribution in [0.25, 0.3) is 62.2 Å². The van der Waals surface area contributed by atoms with Gasteiger partial charge in [0.25, 0.3) is 6.71 Å². The predicted molar refractivity (Wildman–Crippen MR) is 312 cm³/mol. The van der Waals surface area contributed by atoms with Gasteiger partial charge < -0.3 is 19.3 Å². The molecule has 11 aromatic carbocycles. The van der Waals surface area contributed by atoms with Crippen LogP contribution < -0.4 is 35.7 Å². The summed E-state index contributed by atoms with van der Waals surface area (Å²) >= 11 is 3.69. The van der Waals surface area contributed by atoms with Gasteiger partial charge in [-0.3, -0.25) is 0 Å². The van der Waals surface area contributed by atoms with Crippen molar-refractivity contribution in [2.75, 3.05) is 9.80 Å². The maximum absolute atomic E-state index is 7.27. The molecule has 0 radical (unpaired) electrons. The number of rotatable bonds is 7. The van der Waals surface area contributed by atoms with Crippen LogP contribution in [0.2, 0.25) is 0 Å². The third-order valence-electron chi connectivity index (χ3n) is 14.9. The van der Waals surface area contributed by atoms with E-state index < -0.39 is 0 Å². The van der Waals surface area contributed by atoms with E-state index in [1.54, 1.807) is 0 Å². The molecule has 2 aromatic heterocycles. The van der Waals surface area contributed by atoms with Gasteiger partial charge in [-0.05, 0) is 119 Å². The van der Waals surface area contributed by atoms with Crippen molar-refractivity contribution in [3.8, 4) is 34.1 Å². The number of aryl methyl sites for hydroxylation is 2. The molecule has 0 fully saturated rings. The van der Waals surface area contributed by atoms with Gasteiger partial charge >= 0.3 is 0 Å². The van der Waals surface area contributed by atoms with Gasteiger partial charge in [0.2, 0.25) is 0 Å². The van der Waals surface area contributed by atoms with E-state index >= 15 is 0 Å². The number of hydrogen-bond donors (Lipinski definition) is 0. The molecule has 0 bridgehead atoms. The van der Waals surface area contributed by atoms with Crippen molar-refractivity contribution in [2.45, 2.75) is 13.8 Å². The van der Waals surface area contributed by atoms with Crippen LogP contribution in [0.5, 0.6) is 23.0 Å². The average molecular weight is 971 g/mol. The smallest absolute Gasteiger partial charge is 0.260 e. The molecule has 0 saturated heterocycles. The molecule has 0 aliphatic carbocycles. The zero-order valence-corrected chi connectivity index (χ0v) is 41.6. The lowest BCUT2D eigenvalue weighted by Crippen LogP contribution is -2.57. The van der Waals surface area contributed by atoms with Gasteiger partial charge in [0.15, 0.2) is 0 Å². The summed E-state index contributed by atoms with van der Waals surface area (Å²) in [6.07, 6.45) is 0. The fraction of sp³-hybridized carbons (Fsp3) is 0.0303. The van der Waals surface area contributed by atoms with Crippen LogP contribution in [0.3, 0.4) is 0 Å². The molecule has 13 aromatic rings. The van der Waals surface area contributed by atoms with E-state index in [-0.39, 0.29) is 6.71 Å². The van der Waals surface area contributed by atoms with Crippen LogP contribution in [0.15, 0.2) is 224 Å². The van der Waals surface area contributed by atoms with E-state index in [0.29, 0.717) is 0 Å². The maximum Gasteiger partial charge on any atom is 0.260 e. The van der Waals surface area contributed by atoms with E-state index in [2.05, 4.69) is 248 Å². The molecule has 4 nitrogen and oxygen atoms in total. The number of ether oxygens (including phenoxy) is 2. The second-order valence-electron chi connectivity index (χ2n) is 19.3. The lowest BCUT2D eigenvalue weighted by atomic mass is 9.35. The summed E-state index contributed by atoms with van der Waals surface area (Å²) in [6.45, 7) is 4.14. The fourth-order valence-electron chi connectivity index (χ4n) is 11.4. The van der Waals surface area contributed by atoms with Gasteiger partial charge in [-0.25, -0.2) is 0 Å². The Labute approximate surface area is 431 Å². The highest BCUT2D eigenvalue weighted by molar-refractivity contribution is 7.26. The number of nitrogens with zero attached hydrogens (tertiary/aromatic N) is 2. The summed E-state index contributed by atoms with van der Waals surface area (Å²) in [5, 5.41) is 7.43. The lowest BCUT2D eigenvalue weighted by Gasteiger charge is -2.35. The van der Waals surface area contributed by atoms with Gasteiger partial charge in [-0.1, -0.05) is 151 Å². The van der Waals surface area contributed by atoms with Crippen molar-refractivity contribution in [1.82, 2.24) is 0 Å². The predicted octanol–water partition coefficient (Wildman–Crippen LogP) is 17.5. The Bertz CT molecular complexity index is 4140. The van der Waals surface area contributed by atoms with Crippen LogP contribution in [-0.2, 0) is 0 Å². The summed E-state index contributed by atoms with van der Waals surface area (Å²) in [6, 6.07) is 81.8. The van der Waals surface area contributed by atoms with Crippen LogP contribution >= 0.6 is 22.7 Å². The number of thiophene rings is 2. The Kier molecular flexibility index (Phi) is 9.50. The largest absolute Gasteiger partial charge is 0.458 e. The Hall–Kier alpha value is -8.62. The lowest BCUT2D eigenvalue weighted by molar-refractivity contribution is 0.465. The topological polar surface area (TPSA) is 24.9 Å². The first-order valence-corrected chi connectivity index (χ1v) is 26.5. The fourth-order valence-corrected chi connectivity index (χ4v) is 13.9. The average Bonchev–Trinajstić information content (AvgIpc) is 4.02. The molecule has 0 spiro atoms. The molecular weight excluding hydrogens is 928 g/mol. The normalized spacial score (nSPS) is 12.4. The van der Waals surface area contributed by atoms with E-state index in [9.17, 15) is 0 Å². The quantitative estimate of drug-likeness (QED) is 0.149.